The van der Waals surface area contributed by atoms with Gasteiger partial charge in [-0.2, -0.15) is 0 Å². The minimum atomic E-state index is 0.708. The molecular weight excluding hydrogens is 270 g/mol. The molecule has 0 radical (unpaired) electrons. The Morgan fingerprint density at radius 1 is 1.05 bits per heavy atom. The van der Waals surface area contributed by atoms with Crippen molar-refractivity contribution in [2.24, 2.45) is 0 Å². The zero-order valence-electron chi connectivity index (χ0n) is 11.0. The van der Waals surface area contributed by atoms with E-state index < -0.39 is 0 Å². The van der Waals surface area contributed by atoms with Crippen LogP contribution < -0.4 is 5.32 Å². The second-order valence-electron chi connectivity index (χ2n) is 4.55. The van der Waals surface area contributed by atoms with Crippen LogP contribution in [-0.4, -0.2) is 9.55 Å². The summed E-state index contributed by atoms with van der Waals surface area (Å²) in [4.78, 5) is 4.52. The number of hydrogen-bond acceptors (Lipinski definition) is 2. The fourth-order valence-corrected chi connectivity index (χ4v) is 2.24. The molecule has 20 heavy (non-hydrogen) atoms. The third-order valence-electron chi connectivity index (χ3n) is 2.94. The predicted molar refractivity (Wildman–Crippen MR) is 83.0 cm³/mol. The SMILES string of the molecule is Cc1cn(-c2cccc(Cl)c2)c(Nc2ccccc2)n1. The van der Waals surface area contributed by atoms with E-state index in [9.17, 15) is 0 Å². The second kappa shape index (κ2) is 5.39. The number of para-hydroxylation sites is 1. The lowest BCUT2D eigenvalue weighted by atomic mass is 10.3. The molecule has 0 fully saturated rings. The van der Waals surface area contributed by atoms with Crippen LogP contribution in [0.5, 0.6) is 0 Å². The van der Waals surface area contributed by atoms with E-state index in [-0.39, 0.29) is 0 Å². The van der Waals surface area contributed by atoms with Crippen molar-refractivity contribution in [2.75, 3.05) is 5.32 Å². The van der Waals surface area contributed by atoms with E-state index in [4.69, 9.17) is 11.6 Å². The van der Waals surface area contributed by atoms with Gasteiger partial charge < -0.3 is 5.32 Å². The van der Waals surface area contributed by atoms with Crippen LogP contribution in [-0.2, 0) is 0 Å². The minimum absolute atomic E-state index is 0.708. The first-order valence-corrected chi connectivity index (χ1v) is 6.74. The molecule has 0 spiro atoms. The minimum Gasteiger partial charge on any atom is -0.325 e. The number of aromatic nitrogens is 2. The molecule has 0 aliphatic carbocycles. The fraction of sp³-hybridized carbons (Fsp3) is 0.0625. The highest BCUT2D eigenvalue weighted by molar-refractivity contribution is 6.30. The molecular formula is C16H14ClN3. The number of benzene rings is 2. The Morgan fingerprint density at radius 2 is 1.85 bits per heavy atom. The predicted octanol–water partition coefficient (Wildman–Crippen LogP) is 4.58. The monoisotopic (exact) mass is 283 g/mol. The van der Waals surface area contributed by atoms with Crippen molar-refractivity contribution in [2.45, 2.75) is 6.92 Å². The molecule has 3 nitrogen and oxygen atoms in total. The summed E-state index contributed by atoms with van der Waals surface area (Å²) in [6.07, 6.45) is 1.98. The van der Waals surface area contributed by atoms with Crippen molar-refractivity contribution in [1.82, 2.24) is 9.55 Å². The summed E-state index contributed by atoms with van der Waals surface area (Å²) in [5, 5.41) is 4.03. The van der Waals surface area contributed by atoms with Gasteiger partial charge in [0.25, 0.3) is 0 Å². The van der Waals surface area contributed by atoms with Crippen molar-refractivity contribution in [3.63, 3.8) is 0 Å². The molecule has 3 rings (SSSR count). The molecule has 1 N–H and O–H groups in total. The van der Waals surface area contributed by atoms with E-state index in [1.165, 1.54) is 0 Å². The van der Waals surface area contributed by atoms with Gasteiger partial charge >= 0.3 is 0 Å². The molecule has 1 heterocycles. The molecule has 0 saturated carbocycles. The quantitative estimate of drug-likeness (QED) is 0.762. The summed E-state index contributed by atoms with van der Waals surface area (Å²) in [5.74, 6) is 0.774. The van der Waals surface area contributed by atoms with Crippen LogP contribution in [0.3, 0.4) is 0 Å². The van der Waals surface area contributed by atoms with Crippen LogP contribution in [0.2, 0.25) is 5.02 Å². The molecule has 0 aliphatic heterocycles. The number of nitrogens with one attached hydrogen (secondary N) is 1. The lowest BCUT2D eigenvalue weighted by molar-refractivity contribution is 1.06. The summed E-state index contributed by atoms with van der Waals surface area (Å²) < 4.78 is 1.99. The molecule has 2 aromatic carbocycles. The molecule has 0 bridgehead atoms. The lowest BCUT2D eigenvalue weighted by Crippen LogP contribution is -2.00. The Hall–Kier alpha value is -2.26. The van der Waals surface area contributed by atoms with Gasteiger partial charge in [-0.3, -0.25) is 4.57 Å². The van der Waals surface area contributed by atoms with Gasteiger partial charge in [-0.05, 0) is 37.3 Å². The van der Waals surface area contributed by atoms with Crippen molar-refractivity contribution in [1.29, 1.82) is 0 Å². The number of hydrogen-bond donors (Lipinski definition) is 1. The molecule has 100 valence electrons. The number of nitrogens with zero attached hydrogens (tertiary/aromatic N) is 2. The van der Waals surface area contributed by atoms with E-state index in [1.54, 1.807) is 0 Å². The Labute approximate surface area is 122 Å². The molecule has 3 aromatic rings. The third-order valence-corrected chi connectivity index (χ3v) is 3.18. The highest BCUT2D eigenvalue weighted by atomic mass is 35.5. The van der Waals surface area contributed by atoms with Gasteiger partial charge in [0.15, 0.2) is 0 Å². The maximum absolute atomic E-state index is 6.06. The maximum Gasteiger partial charge on any atom is 0.212 e. The van der Waals surface area contributed by atoms with E-state index in [1.807, 2.05) is 72.3 Å². The smallest absolute Gasteiger partial charge is 0.212 e. The highest BCUT2D eigenvalue weighted by Gasteiger charge is 2.08. The van der Waals surface area contributed by atoms with Gasteiger partial charge in [-0.25, -0.2) is 4.98 Å². The van der Waals surface area contributed by atoms with Crippen LogP contribution >= 0.6 is 11.6 Å². The largest absolute Gasteiger partial charge is 0.325 e. The van der Waals surface area contributed by atoms with Crippen LogP contribution in [0.4, 0.5) is 11.6 Å². The second-order valence-corrected chi connectivity index (χ2v) is 4.98. The third kappa shape index (κ3) is 2.68. The summed E-state index contributed by atoms with van der Waals surface area (Å²) in [6, 6.07) is 17.7. The Balaban J connectivity index is 2.00. The first-order valence-electron chi connectivity index (χ1n) is 6.36. The summed E-state index contributed by atoms with van der Waals surface area (Å²) in [7, 11) is 0. The molecule has 0 amide bonds. The summed E-state index contributed by atoms with van der Waals surface area (Å²) in [5.41, 5.74) is 2.93. The Kier molecular flexibility index (Phi) is 3.44. The average molecular weight is 284 g/mol. The topological polar surface area (TPSA) is 29.9 Å². The van der Waals surface area contributed by atoms with E-state index in [2.05, 4.69) is 10.3 Å². The maximum atomic E-state index is 6.06. The van der Waals surface area contributed by atoms with Gasteiger partial charge in [0.1, 0.15) is 0 Å². The molecule has 0 aliphatic rings. The Bertz CT molecular complexity index is 720. The van der Waals surface area contributed by atoms with E-state index in [0.29, 0.717) is 5.02 Å². The highest BCUT2D eigenvalue weighted by Crippen LogP contribution is 2.22. The summed E-state index contributed by atoms with van der Waals surface area (Å²) >= 11 is 6.06. The van der Waals surface area contributed by atoms with Gasteiger partial charge in [0.05, 0.1) is 5.69 Å². The standard InChI is InChI=1S/C16H14ClN3/c1-12-11-20(15-9-5-6-13(17)10-15)16(18-12)19-14-7-3-2-4-8-14/h2-11H,1H3,(H,18,19). The molecule has 4 heteroatoms. The van der Waals surface area contributed by atoms with Gasteiger partial charge in [0, 0.05) is 22.6 Å². The number of imidazole rings is 1. The zero-order chi connectivity index (χ0) is 13.9. The first-order chi connectivity index (χ1) is 9.72. The fourth-order valence-electron chi connectivity index (χ4n) is 2.06. The van der Waals surface area contributed by atoms with Crippen LogP contribution in [0.1, 0.15) is 5.69 Å². The van der Waals surface area contributed by atoms with E-state index >= 15 is 0 Å². The van der Waals surface area contributed by atoms with Crippen LogP contribution in [0.25, 0.3) is 5.69 Å². The average Bonchev–Trinajstić information content (AvgIpc) is 2.81. The van der Waals surface area contributed by atoms with Crippen LogP contribution in [0.15, 0.2) is 60.8 Å². The van der Waals surface area contributed by atoms with Crippen molar-refractivity contribution in [3.05, 3.63) is 71.5 Å². The van der Waals surface area contributed by atoms with Gasteiger partial charge in [0.2, 0.25) is 5.95 Å². The van der Waals surface area contributed by atoms with E-state index in [0.717, 1.165) is 23.0 Å². The molecule has 0 saturated heterocycles. The van der Waals surface area contributed by atoms with Crippen molar-refractivity contribution >= 4 is 23.2 Å². The lowest BCUT2D eigenvalue weighted by Gasteiger charge is -2.10. The number of aryl methyl sites for hydroxylation is 1. The van der Waals surface area contributed by atoms with Crippen LogP contribution in [0, 0.1) is 6.92 Å². The zero-order valence-corrected chi connectivity index (χ0v) is 11.8. The normalized spacial score (nSPS) is 10.5. The van der Waals surface area contributed by atoms with Crippen molar-refractivity contribution in [3.8, 4) is 5.69 Å². The molecule has 0 unspecified atom stereocenters. The Morgan fingerprint density at radius 3 is 2.60 bits per heavy atom. The number of halogens is 1. The number of anilines is 2. The van der Waals surface area contributed by atoms with Gasteiger partial charge in [-0.1, -0.05) is 35.9 Å². The molecule has 1 aromatic heterocycles. The first kappa shape index (κ1) is 12.8. The summed E-state index contributed by atoms with van der Waals surface area (Å²) in [6.45, 7) is 1.97. The van der Waals surface area contributed by atoms with Crippen molar-refractivity contribution < 1.29 is 0 Å². The molecule has 0 atom stereocenters. The number of rotatable bonds is 3. The van der Waals surface area contributed by atoms with Gasteiger partial charge in [-0.15, -0.1) is 0 Å².